The number of aromatic nitrogens is 4. The lowest BCUT2D eigenvalue weighted by molar-refractivity contribution is 0.0425. The number of carbonyl (C=O) groups is 2. The van der Waals surface area contributed by atoms with Crippen molar-refractivity contribution in [2.24, 2.45) is 11.8 Å². The van der Waals surface area contributed by atoms with Crippen LogP contribution in [0.3, 0.4) is 0 Å². The molecule has 56 heavy (non-hydrogen) atoms. The molecule has 308 valence electrons. The van der Waals surface area contributed by atoms with E-state index in [1.807, 2.05) is 6.07 Å². The highest BCUT2D eigenvalue weighted by molar-refractivity contribution is 7.82. The van der Waals surface area contributed by atoms with Gasteiger partial charge in [-0.2, -0.15) is 13.1 Å². The summed E-state index contributed by atoms with van der Waals surface area (Å²) in [7, 11) is 0. The number of carbonyl (C=O) groups excluding carboxylic acids is 2. The molecule has 5 atom stereocenters. The minimum absolute atomic E-state index is 0.000690. The van der Waals surface area contributed by atoms with Crippen LogP contribution >= 0.6 is 0 Å². The number of hydrogen-bond donors (Lipinski definition) is 3. The number of nitrogens with zero attached hydrogens (tertiary/aromatic N) is 3. The number of benzene rings is 2. The zero-order chi connectivity index (χ0) is 40.8. The molecule has 0 spiro atoms. The second-order valence-electron chi connectivity index (χ2n) is 15.1. The van der Waals surface area contributed by atoms with E-state index >= 15 is 0 Å². The SMILES string of the molecule is CCCCC(CC)COC(=O)c1cc(OS(=O)Nc2cccc(OS(=O)NC(C)c3nnc4cc(C(C)(C)C)[nH]n34)c2)cc(C(=O)OCC(CC)CCCC)c1. The first kappa shape index (κ1) is 44.4. The van der Waals surface area contributed by atoms with E-state index in [9.17, 15) is 18.0 Å². The molecule has 4 aromatic rings. The van der Waals surface area contributed by atoms with E-state index in [1.165, 1.54) is 24.3 Å². The van der Waals surface area contributed by atoms with Gasteiger partial charge in [-0.3, -0.25) is 9.82 Å². The maximum atomic E-state index is 13.3. The number of rotatable bonds is 23. The second-order valence-corrected chi connectivity index (χ2v) is 16.8. The summed E-state index contributed by atoms with van der Waals surface area (Å²) in [6, 6.07) is 12.0. The molecule has 4 rings (SSSR count). The standard InChI is InChI=1S/C40H58N6O8S2/c1-9-13-16-28(11-3)25-51-38(47)30-20-31(39(48)52-26-29(12-4)17-14-10-2)22-34(21-30)54-56(50)45-32-18-15-19-33(23-32)53-55(49)44-27(5)37-42-41-36-24-35(40(6,7)8)43-46(36)37/h15,18-24,27-29,43-45H,9-14,16-17,25-26H2,1-8H3. The van der Waals surface area contributed by atoms with Crippen molar-refractivity contribution in [2.75, 3.05) is 17.9 Å². The van der Waals surface area contributed by atoms with Gasteiger partial charge in [-0.05, 0) is 61.9 Å². The second kappa shape index (κ2) is 21.3. The topological polar surface area (TPSA) is 175 Å². The third-order valence-electron chi connectivity index (χ3n) is 9.43. The van der Waals surface area contributed by atoms with Crippen LogP contribution in [0.2, 0.25) is 0 Å². The van der Waals surface area contributed by atoms with Crippen molar-refractivity contribution in [3.05, 3.63) is 71.2 Å². The first-order valence-electron chi connectivity index (χ1n) is 19.5. The molecule has 16 heteroatoms. The third-order valence-corrected chi connectivity index (χ3v) is 11.1. The van der Waals surface area contributed by atoms with Crippen LogP contribution < -0.4 is 17.8 Å². The lowest BCUT2D eigenvalue weighted by Crippen LogP contribution is -2.26. The molecule has 0 saturated heterocycles. The summed E-state index contributed by atoms with van der Waals surface area (Å²) < 4.78 is 56.2. The first-order valence-corrected chi connectivity index (χ1v) is 21.7. The van der Waals surface area contributed by atoms with Gasteiger partial charge in [0, 0.05) is 23.2 Å². The Hall–Kier alpha value is -4.28. The van der Waals surface area contributed by atoms with Gasteiger partial charge in [0.05, 0.1) is 36.1 Å². The molecule has 0 bridgehead atoms. The van der Waals surface area contributed by atoms with Gasteiger partial charge >= 0.3 is 23.2 Å². The fraction of sp³-hybridized carbons (Fsp3) is 0.550. The summed E-state index contributed by atoms with van der Waals surface area (Å²) in [5.74, 6) is -0.0617. The monoisotopic (exact) mass is 814 g/mol. The normalized spacial score (nSPS) is 14.4. The molecule has 5 unspecified atom stereocenters. The lowest BCUT2D eigenvalue weighted by Gasteiger charge is -2.16. The van der Waals surface area contributed by atoms with Crippen LogP contribution in [0.5, 0.6) is 11.5 Å². The van der Waals surface area contributed by atoms with E-state index in [0.717, 1.165) is 57.1 Å². The largest absolute Gasteiger partial charge is 0.462 e. The molecule has 0 radical (unpaired) electrons. The van der Waals surface area contributed by atoms with Crippen molar-refractivity contribution in [2.45, 2.75) is 118 Å². The zero-order valence-corrected chi connectivity index (χ0v) is 35.5. The number of fused-ring (bicyclic) bond motifs is 1. The maximum absolute atomic E-state index is 13.3. The average molecular weight is 815 g/mol. The van der Waals surface area contributed by atoms with Gasteiger partial charge < -0.3 is 17.8 Å². The molecular formula is C40H58N6O8S2. The third kappa shape index (κ3) is 13.2. The van der Waals surface area contributed by atoms with Gasteiger partial charge in [-0.25, -0.2) is 14.1 Å². The van der Waals surface area contributed by atoms with Crippen molar-refractivity contribution >= 4 is 45.8 Å². The zero-order valence-electron chi connectivity index (χ0n) is 33.8. The minimum Gasteiger partial charge on any atom is -0.462 e. The Morgan fingerprint density at radius 1 is 0.804 bits per heavy atom. The fourth-order valence-corrected chi connectivity index (χ4v) is 7.17. The quantitative estimate of drug-likeness (QED) is 0.0616. The summed E-state index contributed by atoms with van der Waals surface area (Å²) in [5.41, 5.74) is 1.98. The molecule has 0 amide bonds. The molecule has 0 aliphatic rings. The molecule has 2 aromatic heterocycles. The maximum Gasteiger partial charge on any atom is 0.338 e. The summed E-state index contributed by atoms with van der Waals surface area (Å²) in [4.78, 5) is 26.5. The number of anilines is 1. The number of ether oxygens (including phenoxy) is 2. The molecule has 0 saturated carbocycles. The van der Waals surface area contributed by atoms with Crippen LogP contribution in [0, 0.1) is 11.8 Å². The highest BCUT2D eigenvalue weighted by atomic mass is 32.2. The van der Waals surface area contributed by atoms with Crippen LogP contribution in [-0.4, -0.2) is 53.4 Å². The van der Waals surface area contributed by atoms with Crippen LogP contribution in [0.4, 0.5) is 5.69 Å². The number of unbranched alkanes of at least 4 members (excludes halogenated alkanes) is 2. The van der Waals surface area contributed by atoms with Crippen molar-refractivity contribution in [3.63, 3.8) is 0 Å². The summed E-state index contributed by atoms with van der Waals surface area (Å²) in [6.45, 7) is 16.9. The molecule has 0 aliphatic heterocycles. The Morgan fingerprint density at radius 2 is 1.39 bits per heavy atom. The van der Waals surface area contributed by atoms with E-state index < -0.39 is 40.5 Å². The molecular weight excluding hydrogens is 757 g/mol. The Kier molecular flexibility index (Phi) is 16.9. The molecule has 3 N–H and O–H groups in total. The van der Waals surface area contributed by atoms with Crippen LogP contribution in [0.25, 0.3) is 5.65 Å². The smallest absolute Gasteiger partial charge is 0.338 e. The van der Waals surface area contributed by atoms with E-state index in [0.29, 0.717) is 17.2 Å². The molecule has 2 aromatic carbocycles. The minimum atomic E-state index is -2.19. The van der Waals surface area contributed by atoms with Crippen LogP contribution in [0.1, 0.15) is 145 Å². The van der Waals surface area contributed by atoms with Gasteiger partial charge in [0.1, 0.15) is 11.5 Å². The predicted molar refractivity (Wildman–Crippen MR) is 219 cm³/mol. The van der Waals surface area contributed by atoms with Gasteiger partial charge in [-0.1, -0.05) is 93.1 Å². The highest BCUT2D eigenvalue weighted by Crippen LogP contribution is 2.26. The van der Waals surface area contributed by atoms with Crippen LogP contribution in [-0.2, 0) is 37.4 Å². The Bertz CT molecular complexity index is 1890. The highest BCUT2D eigenvalue weighted by Gasteiger charge is 2.23. The van der Waals surface area contributed by atoms with Gasteiger partial charge in [0.2, 0.25) is 0 Å². The van der Waals surface area contributed by atoms with Crippen molar-refractivity contribution in [3.8, 4) is 11.5 Å². The van der Waals surface area contributed by atoms with E-state index in [4.69, 9.17) is 17.8 Å². The number of H-pyrrole nitrogens is 1. The van der Waals surface area contributed by atoms with E-state index in [-0.39, 0.29) is 53.1 Å². The van der Waals surface area contributed by atoms with E-state index in [1.54, 1.807) is 29.6 Å². The average Bonchev–Trinajstić information content (AvgIpc) is 3.77. The van der Waals surface area contributed by atoms with Gasteiger partial charge in [-0.15, -0.1) is 10.2 Å². The number of aromatic amines is 1. The van der Waals surface area contributed by atoms with E-state index in [2.05, 4.69) is 73.2 Å². The molecule has 0 fully saturated rings. The Labute approximate surface area is 335 Å². The number of hydrogen-bond acceptors (Lipinski definition) is 10. The number of esters is 2. The Morgan fingerprint density at radius 3 is 1.95 bits per heavy atom. The van der Waals surface area contributed by atoms with Gasteiger partial charge in [0.25, 0.3) is 11.3 Å². The fourth-order valence-electron chi connectivity index (χ4n) is 5.82. The Balaban J connectivity index is 1.43. The lowest BCUT2D eigenvalue weighted by atomic mass is 9.93. The molecule has 2 heterocycles. The predicted octanol–water partition coefficient (Wildman–Crippen LogP) is 8.48. The summed E-state index contributed by atoms with van der Waals surface area (Å²) in [6.07, 6.45) is 7.79. The van der Waals surface area contributed by atoms with Crippen molar-refractivity contribution in [1.82, 2.24) is 24.5 Å². The van der Waals surface area contributed by atoms with Crippen LogP contribution in [0.15, 0.2) is 48.5 Å². The first-order chi connectivity index (χ1) is 26.7. The summed E-state index contributed by atoms with van der Waals surface area (Å²) in [5, 5.41) is 11.7. The van der Waals surface area contributed by atoms with Gasteiger partial charge in [0.15, 0.2) is 11.5 Å². The number of nitrogens with one attached hydrogen (secondary N) is 3. The molecule has 0 aliphatic carbocycles. The van der Waals surface area contributed by atoms with Crippen molar-refractivity contribution < 1.29 is 35.8 Å². The summed E-state index contributed by atoms with van der Waals surface area (Å²) >= 11 is -4.18. The van der Waals surface area contributed by atoms with Crippen molar-refractivity contribution in [1.29, 1.82) is 0 Å². The molecule has 14 nitrogen and oxygen atoms in total.